The van der Waals surface area contributed by atoms with Crippen molar-refractivity contribution < 1.29 is 19.4 Å². The molecule has 5 heavy (non-hydrogen) atoms. The van der Waals surface area contributed by atoms with Crippen molar-refractivity contribution in [3.05, 3.63) is 0 Å². The average molecular weight is 346 g/mol. The number of rotatable bonds is 0. The second kappa shape index (κ2) is 16.8. The monoisotopic (exact) mass is 346 g/mol. The van der Waals surface area contributed by atoms with E-state index in [0.29, 0.717) is 0 Å². The third-order valence-electron chi connectivity index (χ3n) is 0. The summed E-state index contributed by atoms with van der Waals surface area (Å²) in [7, 11) is 1.19. The van der Waals surface area contributed by atoms with Gasteiger partial charge in [-0.05, 0) is 0 Å². The van der Waals surface area contributed by atoms with E-state index in [-0.39, 0.29) is 11.0 Å². The molecule has 0 unspecified atom stereocenters. The molecule has 0 aromatic heterocycles. The molecule has 0 aliphatic carbocycles. The van der Waals surface area contributed by atoms with Crippen LogP contribution in [0.1, 0.15) is 0 Å². The van der Waals surface area contributed by atoms with Crippen LogP contribution >= 0.6 is 40.7 Å². The molecule has 2 nitrogen and oxygen atoms in total. The van der Waals surface area contributed by atoms with Gasteiger partial charge in [-0.25, -0.2) is 0 Å². The Hall–Kier alpha value is 1.90. The quantitative estimate of drug-likeness (QED) is 0.442. The zero-order valence-electron chi connectivity index (χ0n) is 2.11. The first-order valence-corrected chi connectivity index (χ1v) is 7.39. The molecule has 0 heterocycles. The predicted octanol–water partition coefficient (Wildman–Crippen LogP) is 0.120. The average Bonchev–Trinajstić information content (AvgIpc) is 0.918. The minimum absolute atomic E-state index is 0. The van der Waals surface area contributed by atoms with Gasteiger partial charge in [-0.15, -0.1) is 0 Å². The van der Waals surface area contributed by atoms with Gasteiger partial charge in [0.1, 0.15) is 0 Å². The summed E-state index contributed by atoms with van der Waals surface area (Å²) in [4.78, 5) is 0. The Morgan fingerprint density at radius 1 is 1.00 bits per heavy atom. The van der Waals surface area contributed by atoms with Gasteiger partial charge in [0.2, 0.25) is 0 Å². The van der Waals surface area contributed by atoms with E-state index in [2.05, 4.69) is 40.7 Å². The zero-order chi connectivity index (χ0) is 2.71. The van der Waals surface area contributed by atoms with Gasteiger partial charge >= 0.3 is 49.1 Å². The third kappa shape index (κ3) is 24.9. The molecule has 0 saturated heterocycles. The van der Waals surface area contributed by atoms with Gasteiger partial charge in [-0.3, -0.25) is 0 Å². The van der Waals surface area contributed by atoms with Gasteiger partial charge < -0.3 is 11.0 Å². The van der Waals surface area contributed by atoms with Gasteiger partial charge in [0, 0.05) is 0 Å². The van der Waals surface area contributed by atoms with Crippen LogP contribution in [0.25, 0.3) is 0 Å². The molecule has 0 atom stereocenters. The van der Waals surface area contributed by atoms with Crippen LogP contribution in [0.4, 0.5) is 0 Å². The molecule has 4 N–H and O–H groups in total. The molecule has 0 aromatic rings. The minimum atomic E-state index is 0. The van der Waals surface area contributed by atoms with Gasteiger partial charge in [0.05, 0.1) is 0 Å². The van der Waals surface area contributed by atoms with Crippen molar-refractivity contribution in [2.75, 3.05) is 0 Å². The summed E-state index contributed by atoms with van der Waals surface area (Å²) < 4.78 is 0. The number of hydrogen-bond donors (Lipinski definition) is 0. The Morgan fingerprint density at radius 3 is 1.00 bits per heavy atom. The van der Waals surface area contributed by atoms with Crippen LogP contribution < -0.4 is 0 Å². The summed E-state index contributed by atoms with van der Waals surface area (Å²) in [6.07, 6.45) is 0. The first-order chi connectivity index (χ1) is 1.41. The van der Waals surface area contributed by atoms with Crippen molar-refractivity contribution >= 4 is 40.7 Å². The van der Waals surface area contributed by atoms with Crippen LogP contribution in [0, 0.1) is 0 Å². The van der Waals surface area contributed by atoms with Crippen LogP contribution in [0.2, 0.25) is 0 Å². The van der Waals surface area contributed by atoms with E-state index < -0.39 is 0 Å². The summed E-state index contributed by atoms with van der Waals surface area (Å²) in [6, 6.07) is 0. The molecule has 0 rings (SSSR count). The molecule has 0 aliphatic rings. The van der Waals surface area contributed by atoms with Crippen LogP contribution in [0.3, 0.4) is 0 Å². The number of hydrogen-bond acceptors (Lipinski definition) is 0. The van der Waals surface area contributed by atoms with E-state index >= 15 is 0 Å². The van der Waals surface area contributed by atoms with Gasteiger partial charge in [-0.1, -0.05) is 0 Å². The maximum absolute atomic E-state index is 2.28. The van der Waals surface area contributed by atoms with Gasteiger partial charge in [0.15, 0.2) is 0 Å². The van der Waals surface area contributed by atoms with E-state index in [4.69, 9.17) is 0 Å². The summed E-state index contributed by atoms with van der Waals surface area (Å²) >= 11 is 4.55. The van der Waals surface area contributed by atoms with E-state index in [1.165, 1.54) is 8.46 Å². The van der Waals surface area contributed by atoms with Crippen LogP contribution in [0.15, 0.2) is 0 Å². The maximum atomic E-state index is 2.28. The molecule has 5 heteroatoms. The van der Waals surface area contributed by atoms with Gasteiger partial charge in [0.25, 0.3) is 0 Å². The first kappa shape index (κ1) is 15.8. The Bertz CT molecular complexity index is 7.61. The van der Waals surface area contributed by atoms with Crippen molar-refractivity contribution in [3.8, 4) is 0 Å². The fourth-order valence-corrected chi connectivity index (χ4v) is 0. The van der Waals surface area contributed by atoms with E-state index in [1.54, 1.807) is 0 Å². The molecule has 38 valence electrons. The summed E-state index contributed by atoms with van der Waals surface area (Å²) in [6.45, 7) is 0. The molecule has 0 fully saturated rings. The molecule has 0 spiro atoms. The van der Waals surface area contributed by atoms with Crippen molar-refractivity contribution in [1.29, 1.82) is 0 Å². The van der Waals surface area contributed by atoms with Crippen LogP contribution in [-0.4, -0.2) is 11.0 Å². The second-order valence-corrected chi connectivity index (χ2v) is 9.37. The normalized spacial score (nSPS) is 4.40. The van der Waals surface area contributed by atoms with Crippen LogP contribution in [-0.2, 0) is 8.46 Å². The van der Waals surface area contributed by atoms with Crippen molar-refractivity contribution in [2.45, 2.75) is 0 Å². The SMILES string of the molecule is O.O.[I][Fe][I]. The number of halogens is 2. The molecule has 0 amide bonds. The standard InChI is InChI=1S/Fe.2HI.2H2O/h;2*1H;2*1H2/q+2;;;;/p-2. The van der Waals surface area contributed by atoms with Crippen LogP contribution in [0.5, 0.6) is 0 Å². The van der Waals surface area contributed by atoms with Crippen molar-refractivity contribution in [2.24, 2.45) is 0 Å². The molecule has 0 aliphatic heterocycles. The molecule has 0 aromatic carbocycles. The Morgan fingerprint density at radius 2 is 1.00 bits per heavy atom. The summed E-state index contributed by atoms with van der Waals surface area (Å²) in [5, 5.41) is 0. The molecule has 0 saturated carbocycles. The van der Waals surface area contributed by atoms with Crippen molar-refractivity contribution in [1.82, 2.24) is 0 Å². The Kier molecular flexibility index (Phi) is 53.2. The first-order valence-electron chi connectivity index (χ1n) is 0.267. The van der Waals surface area contributed by atoms with E-state index in [1.807, 2.05) is 0 Å². The molecular formula is H4FeI2O2. The third-order valence-corrected chi connectivity index (χ3v) is 0. The summed E-state index contributed by atoms with van der Waals surface area (Å²) in [5.41, 5.74) is 0. The van der Waals surface area contributed by atoms with Crippen molar-refractivity contribution in [3.63, 3.8) is 0 Å². The topological polar surface area (TPSA) is 63.0 Å². The Balaban J connectivity index is -0.0000000200. The molecule has 0 bridgehead atoms. The fourth-order valence-electron chi connectivity index (χ4n) is 0. The van der Waals surface area contributed by atoms with Gasteiger partial charge in [-0.2, -0.15) is 0 Å². The molecule has 0 radical (unpaired) electrons. The zero-order valence-corrected chi connectivity index (χ0v) is 7.53. The second-order valence-electron chi connectivity index (χ2n) is 0.0505. The summed E-state index contributed by atoms with van der Waals surface area (Å²) in [5.74, 6) is 0. The van der Waals surface area contributed by atoms with E-state index in [0.717, 1.165) is 0 Å². The molecular weight excluding hydrogens is 342 g/mol. The Labute approximate surface area is 59.3 Å². The fraction of sp³-hybridized carbons (Fsp3) is 0. The van der Waals surface area contributed by atoms with E-state index in [9.17, 15) is 0 Å². The predicted molar refractivity (Wildman–Crippen MR) is 35.3 cm³/mol.